The fourth-order valence-corrected chi connectivity index (χ4v) is 1.73. The molecule has 0 radical (unpaired) electrons. The van der Waals surface area contributed by atoms with E-state index in [0.717, 1.165) is 11.1 Å². The Kier molecular flexibility index (Phi) is 4.08. The number of aryl methyl sites for hydroxylation is 1. The molecule has 5 heteroatoms. The van der Waals surface area contributed by atoms with E-state index in [0.29, 0.717) is 11.6 Å². The standard InChI is InChI=1S/C11H13ClF3N/c1-8-5-10(4-3-9(8)6-12)16(2)7-11(13,14)15/h3-5H,6-7H2,1-2H3. The van der Waals surface area contributed by atoms with Crippen LogP contribution in [-0.2, 0) is 5.88 Å². The number of benzene rings is 1. The van der Waals surface area contributed by atoms with Crippen molar-refractivity contribution in [3.8, 4) is 0 Å². The molecule has 0 saturated heterocycles. The van der Waals surface area contributed by atoms with Gasteiger partial charge >= 0.3 is 6.18 Å². The minimum atomic E-state index is -4.19. The molecule has 0 N–H and O–H groups in total. The molecule has 1 aromatic rings. The SMILES string of the molecule is Cc1cc(N(C)CC(F)(F)F)ccc1CCl. The van der Waals surface area contributed by atoms with Crippen LogP contribution in [-0.4, -0.2) is 19.8 Å². The van der Waals surface area contributed by atoms with Crippen LogP contribution in [0.1, 0.15) is 11.1 Å². The smallest absolute Gasteiger partial charge is 0.366 e. The van der Waals surface area contributed by atoms with Crippen LogP contribution >= 0.6 is 11.6 Å². The monoisotopic (exact) mass is 251 g/mol. The second-order valence-electron chi connectivity index (χ2n) is 3.72. The second kappa shape index (κ2) is 4.95. The Morgan fingerprint density at radius 3 is 2.38 bits per heavy atom. The summed E-state index contributed by atoms with van der Waals surface area (Å²) in [5.74, 6) is 0.370. The molecule has 0 atom stereocenters. The second-order valence-corrected chi connectivity index (χ2v) is 3.98. The molecule has 0 heterocycles. The van der Waals surface area contributed by atoms with Gasteiger partial charge in [-0.2, -0.15) is 13.2 Å². The lowest BCUT2D eigenvalue weighted by Crippen LogP contribution is -2.30. The quantitative estimate of drug-likeness (QED) is 0.740. The maximum Gasteiger partial charge on any atom is 0.405 e. The van der Waals surface area contributed by atoms with Crippen LogP contribution < -0.4 is 4.90 Å². The molecule has 90 valence electrons. The van der Waals surface area contributed by atoms with E-state index in [1.807, 2.05) is 6.92 Å². The van der Waals surface area contributed by atoms with Gasteiger partial charge in [0.2, 0.25) is 0 Å². The molecular weight excluding hydrogens is 239 g/mol. The van der Waals surface area contributed by atoms with Crippen LogP contribution in [0.3, 0.4) is 0 Å². The van der Waals surface area contributed by atoms with E-state index in [9.17, 15) is 13.2 Å². The van der Waals surface area contributed by atoms with Crippen molar-refractivity contribution in [1.82, 2.24) is 0 Å². The summed E-state index contributed by atoms with van der Waals surface area (Å²) in [6.45, 7) is 0.884. The summed E-state index contributed by atoms with van der Waals surface area (Å²) in [4.78, 5) is 1.17. The Bertz CT molecular complexity index is 363. The van der Waals surface area contributed by atoms with Crippen molar-refractivity contribution in [2.45, 2.75) is 19.0 Å². The third kappa shape index (κ3) is 3.59. The van der Waals surface area contributed by atoms with E-state index >= 15 is 0 Å². The van der Waals surface area contributed by atoms with E-state index < -0.39 is 12.7 Å². The lowest BCUT2D eigenvalue weighted by molar-refractivity contribution is -0.119. The number of hydrogen-bond donors (Lipinski definition) is 0. The Morgan fingerprint density at radius 1 is 1.31 bits per heavy atom. The molecule has 0 fully saturated rings. The van der Waals surface area contributed by atoms with E-state index in [-0.39, 0.29) is 0 Å². The maximum atomic E-state index is 12.2. The van der Waals surface area contributed by atoms with Gasteiger partial charge in [0, 0.05) is 18.6 Å². The van der Waals surface area contributed by atoms with Crippen molar-refractivity contribution in [2.24, 2.45) is 0 Å². The van der Waals surface area contributed by atoms with E-state index in [1.54, 1.807) is 18.2 Å². The third-order valence-corrected chi connectivity index (χ3v) is 2.62. The molecule has 1 rings (SSSR count). The molecule has 0 bridgehead atoms. The van der Waals surface area contributed by atoms with Gasteiger partial charge in [-0.3, -0.25) is 0 Å². The number of alkyl halides is 4. The van der Waals surface area contributed by atoms with Gasteiger partial charge in [0.05, 0.1) is 0 Å². The summed E-state index contributed by atoms with van der Waals surface area (Å²) < 4.78 is 36.5. The molecule has 1 aromatic carbocycles. The normalized spacial score (nSPS) is 11.6. The summed E-state index contributed by atoms with van der Waals surface area (Å²) in [6.07, 6.45) is -4.19. The summed E-state index contributed by atoms with van der Waals surface area (Å²) in [5, 5.41) is 0. The van der Waals surface area contributed by atoms with Crippen LogP contribution in [0.4, 0.5) is 18.9 Å². The first-order chi connectivity index (χ1) is 7.33. The Labute approximate surface area is 97.8 Å². The average molecular weight is 252 g/mol. The minimum Gasteiger partial charge on any atom is -0.366 e. The predicted molar refractivity (Wildman–Crippen MR) is 60.1 cm³/mol. The fraction of sp³-hybridized carbons (Fsp3) is 0.455. The zero-order valence-electron chi connectivity index (χ0n) is 9.11. The highest BCUT2D eigenvalue weighted by Gasteiger charge is 2.29. The Balaban J connectivity index is 2.85. The zero-order valence-corrected chi connectivity index (χ0v) is 9.86. The van der Waals surface area contributed by atoms with Gasteiger partial charge < -0.3 is 4.90 Å². The number of halogens is 4. The van der Waals surface area contributed by atoms with Gasteiger partial charge in [-0.25, -0.2) is 0 Å². The molecule has 16 heavy (non-hydrogen) atoms. The molecule has 1 nitrogen and oxygen atoms in total. The largest absolute Gasteiger partial charge is 0.405 e. The zero-order chi connectivity index (χ0) is 12.3. The van der Waals surface area contributed by atoms with Gasteiger partial charge in [0.15, 0.2) is 0 Å². The first-order valence-corrected chi connectivity index (χ1v) is 5.30. The minimum absolute atomic E-state index is 0.370. The molecule has 0 aliphatic carbocycles. The van der Waals surface area contributed by atoms with Crippen LogP contribution in [0.15, 0.2) is 18.2 Å². The molecule has 0 unspecified atom stereocenters. The highest BCUT2D eigenvalue weighted by atomic mass is 35.5. The molecule has 0 aliphatic heterocycles. The third-order valence-electron chi connectivity index (χ3n) is 2.33. The van der Waals surface area contributed by atoms with Crippen molar-refractivity contribution in [2.75, 3.05) is 18.5 Å². The van der Waals surface area contributed by atoms with Gasteiger partial charge in [-0.15, -0.1) is 11.6 Å². The first kappa shape index (κ1) is 13.2. The maximum absolute atomic E-state index is 12.2. The molecule has 0 aromatic heterocycles. The van der Waals surface area contributed by atoms with Gasteiger partial charge in [0.1, 0.15) is 6.54 Å². The number of nitrogens with zero attached hydrogens (tertiary/aromatic N) is 1. The Hall–Kier alpha value is -0.900. The van der Waals surface area contributed by atoms with Gasteiger partial charge in [-0.1, -0.05) is 6.07 Å². The number of anilines is 1. The van der Waals surface area contributed by atoms with Crippen molar-refractivity contribution < 1.29 is 13.2 Å². The molecular formula is C11H13ClF3N. The molecule has 0 spiro atoms. The lowest BCUT2D eigenvalue weighted by atomic mass is 10.1. The highest BCUT2D eigenvalue weighted by molar-refractivity contribution is 6.17. The fourth-order valence-electron chi connectivity index (χ4n) is 1.43. The number of hydrogen-bond acceptors (Lipinski definition) is 1. The van der Waals surface area contributed by atoms with E-state index in [1.165, 1.54) is 11.9 Å². The molecule has 0 saturated carbocycles. The van der Waals surface area contributed by atoms with Crippen molar-refractivity contribution >= 4 is 17.3 Å². The van der Waals surface area contributed by atoms with Crippen LogP contribution in [0.25, 0.3) is 0 Å². The topological polar surface area (TPSA) is 3.24 Å². The summed E-state index contributed by atoms with van der Waals surface area (Å²) in [6, 6.07) is 5.12. The number of rotatable bonds is 3. The van der Waals surface area contributed by atoms with Crippen molar-refractivity contribution in [1.29, 1.82) is 0 Å². The lowest BCUT2D eigenvalue weighted by Gasteiger charge is -2.21. The molecule has 0 aliphatic rings. The summed E-state index contributed by atoms with van der Waals surface area (Å²) in [5.41, 5.74) is 2.39. The first-order valence-electron chi connectivity index (χ1n) is 4.77. The predicted octanol–water partition coefficient (Wildman–Crippen LogP) is 3.73. The van der Waals surface area contributed by atoms with Crippen molar-refractivity contribution in [3.05, 3.63) is 29.3 Å². The van der Waals surface area contributed by atoms with Gasteiger partial charge in [0.25, 0.3) is 0 Å². The van der Waals surface area contributed by atoms with E-state index in [4.69, 9.17) is 11.6 Å². The van der Waals surface area contributed by atoms with Crippen LogP contribution in [0, 0.1) is 6.92 Å². The van der Waals surface area contributed by atoms with E-state index in [2.05, 4.69) is 0 Å². The Morgan fingerprint density at radius 2 is 1.94 bits per heavy atom. The van der Waals surface area contributed by atoms with Gasteiger partial charge in [-0.05, 0) is 30.2 Å². The summed E-state index contributed by atoms with van der Waals surface area (Å²) >= 11 is 5.68. The molecule has 0 amide bonds. The average Bonchev–Trinajstić information content (AvgIpc) is 2.15. The van der Waals surface area contributed by atoms with Crippen LogP contribution in [0.5, 0.6) is 0 Å². The summed E-state index contributed by atoms with van der Waals surface area (Å²) in [7, 11) is 1.42. The highest BCUT2D eigenvalue weighted by Crippen LogP contribution is 2.23. The van der Waals surface area contributed by atoms with Crippen LogP contribution in [0.2, 0.25) is 0 Å². The van der Waals surface area contributed by atoms with Crippen molar-refractivity contribution in [3.63, 3.8) is 0 Å².